The molecule has 0 bridgehead atoms. The van der Waals surface area contributed by atoms with Gasteiger partial charge in [0.05, 0.1) is 12.9 Å². The second-order valence-corrected chi connectivity index (χ2v) is 11.4. The van der Waals surface area contributed by atoms with Gasteiger partial charge >= 0.3 is 0 Å². The topological polar surface area (TPSA) is 36.2 Å². The minimum Gasteiger partial charge on any atom is -0.501 e. The first-order valence-electron chi connectivity index (χ1n) is 14.3. The molecule has 35 heavy (non-hydrogen) atoms. The van der Waals surface area contributed by atoms with Gasteiger partial charge in [-0.25, -0.2) is 0 Å². The second-order valence-electron chi connectivity index (χ2n) is 11.4. The van der Waals surface area contributed by atoms with Gasteiger partial charge in [0.25, 0.3) is 0 Å². The average Bonchev–Trinajstić information content (AvgIpc) is 3.64. The summed E-state index contributed by atoms with van der Waals surface area (Å²) in [6.45, 7) is 8.76. The van der Waals surface area contributed by atoms with Gasteiger partial charge in [-0.15, -0.1) is 0 Å². The molecule has 188 valence electrons. The lowest BCUT2D eigenvalue weighted by Gasteiger charge is -2.23. The maximum atomic E-state index is 14.5. The number of carbonyl (C=O) groups excluding carboxylic acids is 1. The van der Waals surface area contributed by atoms with Crippen molar-refractivity contribution in [1.82, 2.24) is 9.13 Å². The van der Waals surface area contributed by atoms with Gasteiger partial charge < -0.3 is 13.9 Å². The highest BCUT2D eigenvalue weighted by Crippen LogP contribution is 2.48. The van der Waals surface area contributed by atoms with Crippen LogP contribution in [0, 0.1) is 5.92 Å². The molecule has 2 aromatic rings. The lowest BCUT2D eigenvalue weighted by molar-refractivity contribution is 0.0954. The summed E-state index contributed by atoms with van der Waals surface area (Å²) in [5, 5.41) is 0. The summed E-state index contributed by atoms with van der Waals surface area (Å²) < 4.78 is 11.2. The Morgan fingerprint density at radius 3 is 1.86 bits per heavy atom. The predicted octanol–water partition coefficient (Wildman–Crippen LogP) is 6.96. The van der Waals surface area contributed by atoms with Crippen LogP contribution in [0.5, 0.6) is 0 Å². The number of rotatable bonds is 7. The summed E-state index contributed by atoms with van der Waals surface area (Å²) in [7, 11) is 1.77. The summed E-state index contributed by atoms with van der Waals surface area (Å²) in [6.07, 6.45) is 14.0. The summed E-state index contributed by atoms with van der Waals surface area (Å²) in [4.78, 5) is 14.5. The molecule has 0 radical (unpaired) electrons. The zero-order valence-electron chi connectivity index (χ0n) is 22.4. The van der Waals surface area contributed by atoms with Crippen molar-refractivity contribution >= 4 is 11.4 Å². The van der Waals surface area contributed by atoms with Crippen LogP contribution in [0.2, 0.25) is 0 Å². The molecule has 0 saturated heterocycles. The third-order valence-electron chi connectivity index (χ3n) is 9.84. The molecule has 0 fully saturated rings. The van der Waals surface area contributed by atoms with Crippen LogP contribution in [0.3, 0.4) is 0 Å². The Balaban J connectivity index is 1.50. The molecule has 4 heteroatoms. The van der Waals surface area contributed by atoms with Gasteiger partial charge in [0.2, 0.25) is 0 Å². The van der Waals surface area contributed by atoms with E-state index < -0.39 is 0 Å². The van der Waals surface area contributed by atoms with Gasteiger partial charge in [-0.3, -0.25) is 4.79 Å². The number of nitrogens with zero attached hydrogens (tertiary/aromatic N) is 2. The largest absolute Gasteiger partial charge is 0.501 e. The number of ether oxygens (including phenoxy) is 1. The van der Waals surface area contributed by atoms with Crippen LogP contribution in [0.25, 0.3) is 5.57 Å². The molecule has 0 N–H and O–H groups in total. The lowest BCUT2D eigenvalue weighted by Crippen LogP contribution is -2.18. The Bertz CT molecular complexity index is 1220. The molecule has 1 unspecified atom stereocenters. The van der Waals surface area contributed by atoms with Gasteiger partial charge in [-0.2, -0.15) is 0 Å². The van der Waals surface area contributed by atoms with Crippen LogP contribution >= 0.6 is 0 Å². The summed E-state index contributed by atoms with van der Waals surface area (Å²) in [6, 6.07) is 1.28. The van der Waals surface area contributed by atoms with Crippen LogP contribution in [0.4, 0.5) is 0 Å². The molecule has 0 amide bonds. The number of carbonyl (C=O) groups is 1. The molecule has 6 heterocycles. The quantitative estimate of drug-likeness (QED) is 0.321. The van der Waals surface area contributed by atoms with Crippen molar-refractivity contribution in [2.75, 3.05) is 7.11 Å². The van der Waals surface area contributed by atoms with Crippen molar-refractivity contribution in [2.24, 2.45) is 5.92 Å². The first-order chi connectivity index (χ1) is 17.0. The van der Waals surface area contributed by atoms with E-state index in [0.717, 1.165) is 49.0 Å². The Hall–Kier alpha value is -2.23. The fourth-order valence-corrected chi connectivity index (χ4v) is 8.36. The van der Waals surface area contributed by atoms with Crippen molar-refractivity contribution in [3.63, 3.8) is 0 Å². The molecule has 4 nitrogen and oxygen atoms in total. The van der Waals surface area contributed by atoms with Crippen LogP contribution in [0.15, 0.2) is 5.76 Å². The smallest absolute Gasteiger partial charge is 0.172 e. The first kappa shape index (κ1) is 23.2. The SMILES string of the molecule is CCc1c(C(=O)C(C)/C(=C(\C)OC)c2c(CC)c3n4c2CC[C@H]4CCC3)c2n3c1CCC[C@@H]3CC2. The van der Waals surface area contributed by atoms with Crippen molar-refractivity contribution in [2.45, 2.75) is 117 Å². The number of aromatic nitrogens is 2. The fourth-order valence-electron chi connectivity index (χ4n) is 8.36. The first-order valence-corrected chi connectivity index (χ1v) is 14.3. The van der Waals surface area contributed by atoms with Crippen molar-refractivity contribution in [3.8, 4) is 0 Å². The van der Waals surface area contributed by atoms with E-state index in [4.69, 9.17) is 4.74 Å². The monoisotopic (exact) mass is 474 g/mol. The molecular weight excluding hydrogens is 432 g/mol. The number of Topliss-reactive ketones (excluding diaryl/α,β-unsaturated/α-hetero) is 1. The fraction of sp³-hybridized carbons (Fsp3) is 0.645. The molecule has 0 aliphatic carbocycles. The van der Waals surface area contributed by atoms with E-state index in [1.54, 1.807) is 12.8 Å². The number of hydrogen-bond donors (Lipinski definition) is 0. The zero-order valence-corrected chi connectivity index (χ0v) is 22.4. The van der Waals surface area contributed by atoms with Crippen molar-refractivity contribution in [3.05, 3.63) is 50.8 Å². The van der Waals surface area contributed by atoms with Gasteiger partial charge in [-0.05, 0) is 95.1 Å². The molecule has 4 aliphatic heterocycles. The van der Waals surface area contributed by atoms with E-state index in [9.17, 15) is 4.79 Å². The minimum absolute atomic E-state index is 0.204. The molecule has 2 aromatic heterocycles. The standard InChI is InChI=1S/C31H42N2O2/c1-6-22-24-12-8-10-20-14-16-26(32(20)24)29(22)28(19(4)35-5)18(3)31(34)30-23(7-2)25-13-9-11-21-15-17-27(30)33(21)25/h18,20-21H,6-17H2,1-5H3/b28-19-/t18?,20-,21-/m1/s1. The van der Waals surface area contributed by atoms with E-state index in [1.807, 2.05) is 0 Å². The highest BCUT2D eigenvalue weighted by molar-refractivity contribution is 6.07. The van der Waals surface area contributed by atoms with Crippen molar-refractivity contribution in [1.29, 1.82) is 0 Å². The Morgan fingerprint density at radius 1 is 0.829 bits per heavy atom. The van der Waals surface area contributed by atoms with E-state index in [0.29, 0.717) is 17.9 Å². The highest BCUT2D eigenvalue weighted by atomic mass is 16.5. The van der Waals surface area contributed by atoms with E-state index in [1.165, 1.54) is 78.7 Å². The normalized spacial score (nSPS) is 23.7. The van der Waals surface area contributed by atoms with E-state index in [2.05, 4.69) is 36.8 Å². The molecule has 0 aromatic carbocycles. The summed E-state index contributed by atoms with van der Waals surface area (Å²) in [5.41, 5.74) is 12.2. The van der Waals surface area contributed by atoms with Crippen LogP contribution in [-0.4, -0.2) is 22.0 Å². The minimum atomic E-state index is -0.204. The summed E-state index contributed by atoms with van der Waals surface area (Å²) in [5.74, 6) is 1.03. The number of allylic oxidation sites excluding steroid dienone is 2. The van der Waals surface area contributed by atoms with Gasteiger partial charge in [0.15, 0.2) is 5.78 Å². The molecule has 3 atom stereocenters. The number of methoxy groups -OCH3 is 1. The highest BCUT2D eigenvalue weighted by Gasteiger charge is 2.40. The van der Waals surface area contributed by atoms with Crippen LogP contribution < -0.4 is 0 Å². The Kier molecular flexibility index (Phi) is 5.77. The van der Waals surface area contributed by atoms with E-state index in [-0.39, 0.29) is 5.92 Å². The summed E-state index contributed by atoms with van der Waals surface area (Å²) >= 11 is 0. The Labute approximate surface area is 210 Å². The van der Waals surface area contributed by atoms with Crippen LogP contribution in [0.1, 0.15) is 128 Å². The molecule has 0 spiro atoms. The number of hydrogen-bond acceptors (Lipinski definition) is 2. The van der Waals surface area contributed by atoms with Crippen molar-refractivity contribution < 1.29 is 9.53 Å². The van der Waals surface area contributed by atoms with Crippen LogP contribution in [-0.2, 0) is 43.3 Å². The van der Waals surface area contributed by atoms with Gasteiger partial charge in [-0.1, -0.05) is 20.8 Å². The second kappa shape index (κ2) is 8.71. The van der Waals surface area contributed by atoms with Gasteiger partial charge in [0.1, 0.15) is 0 Å². The average molecular weight is 475 g/mol. The molecule has 0 saturated carbocycles. The third kappa shape index (κ3) is 3.20. The van der Waals surface area contributed by atoms with Gasteiger partial charge in [0, 0.05) is 57.5 Å². The number of ketones is 1. The predicted molar refractivity (Wildman–Crippen MR) is 141 cm³/mol. The maximum absolute atomic E-state index is 14.5. The molecule has 6 rings (SSSR count). The molecule has 4 aliphatic rings. The Morgan fingerprint density at radius 2 is 1.34 bits per heavy atom. The molecular formula is C31H42N2O2. The maximum Gasteiger partial charge on any atom is 0.172 e. The third-order valence-corrected chi connectivity index (χ3v) is 9.84. The zero-order chi connectivity index (χ0) is 24.4. The lowest BCUT2D eigenvalue weighted by atomic mass is 9.81. The van der Waals surface area contributed by atoms with E-state index >= 15 is 0 Å².